The molecule has 1 N–H and O–H groups in total. The number of aliphatic carboxylic acids is 1. The highest BCUT2D eigenvalue weighted by atomic mass is 35.5. The predicted octanol–water partition coefficient (Wildman–Crippen LogP) is 4.38. The minimum atomic E-state index is -0.835. The Bertz CT molecular complexity index is 622. The van der Waals surface area contributed by atoms with E-state index >= 15 is 0 Å². The first-order chi connectivity index (χ1) is 11.1. The SMILES string of the molecule is CC(C(=O)O)c1ccc(OCCCOc2ccc(Cl)cc2)cc1. The van der Waals surface area contributed by atoms with E-state index in [1.165, 1.54) is 0 Å². The first-order valence-electron chi connectivity index (χ1n) is 7.40. The van der Waals surface area contributed by atoms with Crippen LogP contribution >= 0.6 is 11.6 Å². The van der Waals surface area contributed by atoms with E-state index in [-0.39, 0.29) is 0 Å². The van der Waals surface area contributed by atoms with Gasteiger partial charge in [-0.2, -0.15) is 0 Å². The van der Waals surface area contributed by atoms with Crippen molar-refractivity contribution in [2.24, 2.45) is 0 Å². The Morgan fingerprint density at radius 1 is 1.00 bits per heavy atom. The molecule has 0 saturated carbocycles. The molecular weight excluding hydrogens is 316 g/mol. The second-order valence-electron chi connectivity index (χ2n) is 5.13. The smallest absolute Gasteiger partial charge is 0.310 e. The Balaban J connectivity index is 1.70. The molecule has 0 aliphatic heterocycles. The maximum absolute atomic E-state index is 10.9. The van der Waals surface area contributed by atoms with Gasteiger partial charge in [-0.15, -0.1) is 0 Å². The Kier molecular flexibility index (Phi) is 6.29. The van der Waals surface area contributed by atoms with E-state index in [1.54, 1.807) is 43.3 Å². The van der Waals surface area contributed by atoms with Crippen molar-refractivity contribution in [2.75, 3.05) is 13.2 Å². The van der Waals surface area contributed by atoms with Crippen LogP contribution in [0.1, 0.15) is 24.8 Å². The summed E-state index contributed by atoms with van der Waals surface area (Å²) < 4.78 is 11.2. The molecule has 0 aromatic heterocycles. The lowest BCUT2D eigenvalue weighted by Crippen LogP contribution is -2.07. The van der Waals surface area contributed by atoms with E-state index in [2.05, 4.69) is 0 Å². The number of carboxylic acids is 1. The number of ether oxygens (including phenoxy) is 2. The molecule has 0 spiro atoms. The van der Waals surface area contributed by atoms with Crippen LogP contribution in [0.15, 0.2) is 48.5 Å². The van der Waals surface area contributed by atoms with Gasteiger partial charge in [0.2, 0.25) is 0 Å². The standard InChI is InChI=1S/C18H19ClO4/c1-13(18(20)21)14-3-7-16(8-4-14)22-11-2-12-23-17-9-5-15(19)6-10-17/h3-10,13H,2,11-12H2,1H3,(H,20,21). The molecule has 0 fully saturated rings. The summed E-state index contributed by atoms with van der Waals surface area (Å²) in [6.07, 6.45) is 0.746. The summed E-state index contributed by atoms with van der Waals surface area (Å²) in [6, 6.07) is 14.3. The number of hydrogen-bond donors (Lipinski definition) is 1. The van der Waals surface area contributed by atoms with Crippen LogP contribution in [0.2, 0.25) is 5.02 Å². The maximum atomic E-state index is 10.9. The van der Waals surface area contributed by atoms with Gasteiger partial charge in [-0.3, -0.25) is 4.79 Å². The average Bonchev–Trinajstić information content (AvgIpc) is 2.56. The van der Waals surface area contributed by atoms with Crippen molar-refractivity contribution in [1.29, 1.82) is 0 Å². The molecule has 0 saturated heterocycles. The van der Waals surface area contributed by atoms with Crippen molar-refractivity contribution in [2.45, 2.75) is 19.3 Å². The van der Waals surface area contributed by atoms with E-state index in [1.807, 2.05) is 12.1 Å². The zero-order valence-corrected chi connectivity index (χ0v) is 13.6. The van der Waals surface area contributed by atoms with E-state index in [0.717, 1.165) is 23.5 Å². The number of halogens is 1. The van der Waals surface area contributed by atoms with E-state index < -0.39 is 11.9 Å². The van der Waals surface area contributed by atoms with Crippen LogP contribution in [0.25, 0.3) is 0 Å². The van der Waals surface area contributed by atoms with Crippen molar-refractivity contribution in [3.8, 4) is 11.5 Å². The fraction of sp³-hybridized carbons (Fsp3) is 0.278. The lowest BCUT2D eigenvalue weighted by Gasteiger charge is -2.10. The van der Waals surface area contributed by atoms with E-state index in [0.29, 0.717) is 18.2 Å². The lowest BCUT2D eigenvalue weighted by molar-refractivity contribution is -0.138. The van der Waals surface area contributed by atoms with Crippen molar-refractivity contribution in [3.05, 3.63) is 59.1 Å². The van der Waals surface area contributed by atoms with Gasteiger partial charge < -0.3 is 14.6 Å². The quantitative estimate of drug-likeness (QED) is 0.728. The second kappa shape index (κ2) is 8.44. The third kappa shape index (κ3) is 5.49. The third-order valence-electron chi connectivity index (χ3n) is 3.39. The van der Waals surface area contributed by atoms with E-state index in [4.69, 9.17) is 26.2 Å². The van der Waals surface area contributed by atoms with Crippen LogP contribution in [-0.2, 0) is 4.79 Å². The Labute approximate surface area is 140 Å². The van der Waals surface area contributed by atoms with Crippen LogP contribution in [0, 0.1) is 0 Å². The Morgan fingerprint density at radius 2 is 1.48 bits per heavy atom. The summed E-state index contributed by atoms with van der Waals surface area (Å²) in [7, 11) is 0. The Morgan fingerprint density at radius 3 is 1.96 bits per heavy atom. The highest BCUT2D eigenvalue weighted by Crippen LogP contribution is 2.20. The van der Waals surface area contributed by atoms with Gasteiger partial charge in [-0.1, -0.05) is 23.7 Å². The van der Waals surface area contributed by atoms with Crippen LogP contribution in [0.3, 0.4) is 0 Å². The largest absolute Gasteiger partial charge is 0.493 e. The molecule has 1 atom stereocenters. The topological polar surface area (TPSA) is 55.8 Å². The van der Waals surface area contributed by atoms with Crippen LogP contribution < -0.4 is 9.47 Å². The predicted molar refractivity (Wildman–Crippen MR) is 89.6 cm³/mol. The number of carbonyl (C=O) groups is 1. The molecule has 2 aromatic carbocycles. The first kappa shape index (κ1) is 17.2. The zero-order chi connectivity index (χ0) is 16.7. The van der Waals surface area contributed by atoms with Crippen molar-refractivity contribution in [1.82, 2.24) is 0 Å². The molecular formula is C18H19ClO4. The minimum Gasteiger partial charge on any atom is -0.493 e. The van der Waals surface area contributed by atoms with Gasteiger partial charge in [-0.25, -0.2) is 0 Å². The van der Waals surface area contributed by atoms with E-state index in [9.17, 15) is 4.79 Å². The van der Waals surface area contributed by atoms with Gasteiger partial charge in [0, 0.05) is 11.4 Å². The van der Waals surface area contributed by atoms with Gasteiger partial charge in [0.1, 0.15) is 11.5 Å². The molecule has 0 aliphatic carbocycles. The summed E-state index contributed by atoms with van der Waals surface area (Å²) in [6.45, 7) is 2.74. The summed E-state index contributed by atoms with van der Waals surface area (Å²) in [4.78, 5) is 10.9. The average molecular weight is 335 g/mol. The molecule has 0 amide bonds. The number of carboxylic acid groups (broad SMARTS) is 1. The molecule has 0 heterocycles. The third-order valence-corrected chi connectivity index (χ3v) is 3.64. The van der Waals surface area contributed by atoms with Crippen molar-refractivity contribution >= 4 is 17.6 Å². The molecule has 2 rings (SSSR count). The fourth-order valence-electron chi connectivity index (χ4n) is 1.97. The molecule has 2 aromatic rings. The fourth-order valence-corrected chi connectivity index (χ4v) is 2.09. The summed E-state index contributed by atoms with van der Waals surface area (Å²) in [5, 5.41) is 9.64. The van der Waals surface area contributed by atoms with Crippen LogP contribution in [0.5, 0.6) is 11.5 Å². The highest BCUT2D eigenvalue weighted by molar-refractivity contribution is 6.30. The monoisotopic (exact) mass is 334 g/mol. The molecule has 0 radical (unpaired) electrons. The molecule has 0 aliphatic rings. The van der Waals surface area contributed by atoms with Gasteiger partial charge in [0.05, 0.1) is 19.1 Å². The highest BCUT2D eigenvalue weighted by Gasteiger charge is 2.12. The molecule has 5 heteroatoms. The number of benzene rings is 2. The van der Waals surface area contributed by atoms with Crippen LogP contribution in [0.4, 0.5) is 0 Å². The number of rotatable bonds is 8. The molecule has 4 nitrogen and oxygen atoms in total. The van der Waals surface area contributed by atoms with Gasteiger partial charge in [-0.05, 0) is 48.9 Å². The Hall–Kier alpha value is -2.20. The van der Waals surface area contributed by atoms with Gasteiger partial charge in [0.25, 0.3) is 0 Å². The maximum Gasteiger partial charge on any atom is 0.310 e. The van der Waals surface area contributed by atoms with Crippen LogP contribution in [-0.4, -0.2) is 24.3 Å². The number of hydrogen-bond acceptors (Lipinski definition) is 3. The van der Waals surface area contributed by atoms with Crippen molar-refractivity contribution < 1.29 is 19.4 Å². The summed E-state index contributed by atoms with van der Waals surface area (Å²) in [5.41, 5.74) is 0.760. The second-order valence-corrected chi connectivity index (χ2v) is 5.57. The lowest BCUT2D eigenvalue weighted by atomic mass is 10.0. The van der Waals surface area contributed by atoms with Gasteiger partial charge >= 0.3 is 5.97 Å². The van der Waals surface area contributed by atoms with Gasteiger partial charge in [0.15, 0.2) is 0 Å². The zero-order valence-electron chi connectivity index (χ0n) is 12.9. The molecule has 1 unspecified atom stereocenters. The first-order valence-corrected chi connectivity index (χ1v) is 7.78. The minimum absolute atomic E-state index is 0.517. The summed E-state index contributed by atoms with van der Waals surface area (Å²) in [5.74, 6) is 0.147. The molecule has 122 valence electrons. The summed E-state index contributed by atoms with van der Waals surface area (Å²) >= 11 is 5.80. The van der Waals surface area contributed by atoms with Crippen molar-refractivity contribution in [3.63, 3.8) is 0 Å². The molecule has 0 bridgehead atoms. The normalized spacial score (nSPS) is 11.7. The molecule has 23 heavy (non-hydrogen) atoms.